The molecule has 0 unspecified atom stereocenters. The van der Waals surface area contributed by atoms with Gasteiger partial charge < -0.3 is 21.1 Å². The van der Waals surface area contributed by atoms with E-state index in [0.29, 0.717) is 23.0 Å². The van der Waals surface area contributed by atoms with Crippen LogP contribution in [0.25, 0.3) is 0 Å². The zero-order valence-corrected chi connectivity index (χ0v) is 17.4. The predicted molar refractivity (Wildman–Crippen MR) is 119 cm³/mol. The number of halogens is 2. The Morgan fingerprint density at radius 2 is 1.84 bits per heavy atom. The minimum absolute atomic E-state index is 0.109. The minimum atomic E-state index is -0.668. The highest BCUT2D eigenvalue weighted by molar-refractivity contribution is 5.98. The van der Waals surface area contributed by atoms with Gasteiger partial charge in [-0.15, -0.1) is 0 Å². The number of amides is 1. The number of carbonyl (C=O) groups excluding carboxylic acids is 1. The van der Waals surface area contributed by atoms with E-state index in [1.807, 2.05) is 12.1 Å². The summed E-state index contributed by atoms with van der Waals surface area (Å²) in [5, 5.41) is 6.28. The Balaban J connectivity index is 1.53. The maximum absolute atomic E-state index is 13.5. The van der Waals surface area contributed by atoms with Gasteiger partial charge in [0, 0.05) is 43.8 Å². The predicted octanol–water partition coefficient (Wildman–Crippen LogP) is 4.71. The SMILES string of the molecule is NC(=O)c1cnc(Nc2cccc(C3CCOCC3)c2)cc1NCc1cc(F)cc(F)c1. The number of benzene rings is 2. The summed E-state index contributed by atoms with van der Waals surface area (Å²) in [6.07, 6.45) is 3.36. The van der Waals surface area contributed by atoms with Crippen LogP contribution >= 0.6 is 0 Å². The van der Waals surface area contributed by atoms with Crippen LogP contribution in [-0.4, -0.2) is 24.1 Å². The van der Waals surface area contributed by atoms with Crippen LogP contribution in [0.5, 0.6) is 0 Å². The Kier molecular flexibility index (Phi) is 6.61. The molecule has 0 atom stereocenters. The van der Waals surface area contributed by atoms with E-state index in [4.69, 9.17) is 10.5 Å². The average Bonchev–Trinajstić information content (AvgIpc) is 2.78. The molecule has 8 heteroatoms. The fourth-order valence-electron chi connectivity index (χ4n) is 3.83. The molecule has 3 aromatic rings. The lowest BCUT2D eigenvalue weighted by Crippen LogP contribution is -2.15. The highest BCUT2D eigenvalue weighted by Crippen LogP contribution is 2.30. The zero-order valence-electron chi connectivity index (χ0n) is 17.4. The van der Waals surface area contributed by atoms with Crippen LogP contribution in [-0.2, 0) is 11.3 Å². The first-order valence-electron chi connectivity index (χ1n) is 10.4. The third-order valence-electron chi connectivity index (χ3n) is 5.43. The van der Waals surface area contributed by atoms with E-state index in [1.165, 1.54) is 23.9 Å². The standard InChI is InChI=1S/C24H24F2N4O2/c25-18-8-15(9-19(26)11-18)13-28-22-12-23(29-14-21(22)24(27)31)30-20-3-1-2-17(10-20)16-4-6-32-7-5-16/h1-3,8-12,14,16H,4-7,13H2,(H2,27,31)(H2,28,29,30). The lowest BCUT2D eigenvalue weighted by atomic mass is 9.91. The first kappa shape index (κ1) is 21.7. The van der Waals surface area contributed by atoms with Gasteiger partial charge in [-0.3, -0.25) is 4.79 Å². The van der Waals surface area contributed by atoms with Crippen LogP contribution in [0.2, 0.25) is 0 Å². The van der Waals surface area contributed by atoms with Crippen molar-refractivity contribution in [2.75, 3.05) is 23.8 Å². The van der Waals surface area contributed by atoms with Crippen LogP contribution in [0, 0.1) is 11.6 Å². The van der Waals surface area contributed by atoms with Crippen LogP contribution < -0.4 is 16.4 Å². The second-order valence-electron chi connectivity index (χ2n) is 7.75. The fourth-order valence-corrected chi connectivity index (χ4v) is 3.83. The number of nitrogens with zero attached hydrogens (tertiary/aromatic N) is 1. The second-order valence-corrected chi connectivity index (χ2v) is 7.75. The maximum atomic E-state index is 13.5. The summed E-state index contributed by atoms with van der Waals surface area (Å²) in [5.74, 6) is -1.03. The van der Waals surface area contributed by atoms with Crippen LogP contribution in [0.15, 0.2) is 54.7 Å². The summed E-state index contributed by atoms with van der Waals surface area (Å²) >= 11 is 0. The van der Waals surface area contributed by atoms with Crippen molar-refractivity contribution in [1.29, 1.82) is 0 Å². The first-order chi connectivity index (χ1) is 15.5. The number of nitrogens with one attached hydrogen (secondary N) is 2. The zero-order chi connectivity index (χ0) is 22.5. The molecule has 1 saturated heterocycles. The van der Waals surface area contributed by atoms with Gasteiger partial charge in [0.25, 0.3) is 5.91 Å². The summed E-state index contributed by atoms with van der Waals surface area (Å²) in [7, 11) is 0. The lowest BCUT2D eigenvalue weighted by Gasteiger charge is -2.23. The second kappa shape index (κ2) is 9.74. The molecule has 1 fully saturated rings. The number of aromatic nitrogens is 1. The average molecular weight is 438 g/mol. The van der Waals surface area contributed by atoms with Crippen molar-refractivity contribution in [2.24, 2.45) is 5.73 Å². The normalized spacial score (nSPS) is 14.2. The first-order valence-corrected chi connectivity index (χ1v) is 10.4. The molecule has 0 aliphatic carbocycles. The van der Waals surface area contributed by atoms with Crippen molar-refractivity contribution in [3.63, 3.8) is 0 Å². The third kappa shape index (κ3) is 5.39. The molecule has 1 amide bonds. The number of primary amides is 1. The molecule has 4 rings (SSSR count). The van der Waals surface area contributed by atoms with E-state index in [1.54, 1.807) is 6.07 Å². The van der Waals surface area contributed by atoms with Gasteiger partial charge in [-0.1, -0.05) is 12.1 Å². The molecule has 2 heterocycles. The smallest absolute Gasteiger partial charge is 0.252 e. The number of rotatable bonds is 7. The number of hydrogen-bond acceptors (Lipinski definition) is 5. The van der Waals surface area contributed by atoms with E-state index >= 15 is 0 Å². The molecular weight excluding hydrogens is 414 g/mol. The van der Waals surface area contributed by atoms with Crippen LogP contribution in [0.1, 0.15) is 40.2 Å². The maximum Gasteiger partial charge on any atom is 0.252 e. The largest absolute Gasteiger partial charge is 0.381 e. The molecule has 6 nitrogen and oxygen atoms in total. The summed E-state index contributed by atoms with van der Waals surface area (Å²) in [6, 6.07) is 13.0. The topological polar surface area (TPSA) is 89.3 Å². The van der Waals surface area contributed by atoms with E-state index in [9.17, 15) is 13.6 Å². The lowest BCUT2D eigenvalue weighted by molar-refractivity contribution is 0.0853. The highest BCUT2D eigenvalue weighted by Gasteiger charge is 2.16. The molecule has 1 aromatic heterocycles. The monoisotopic (exact) mass is 438 g/mol. The van der Waals surface area contributed by atoms with Crippen molar-refractivity contribution in [1.82, 2.24) is 4.98 Å². The number of carbonyl (C=O) groups is 1. The number of anilines is 3. The van der Waals surface area contributed by atoms with Gasteiger partial charge in [-0.2, -0.15) is 0 Å². The summed E-state index contributed by atoms with van der Waals surface area (Å²) in [4.78, 5) is 16.1. The third-order valence-corrected chi connectivity index (χ3v) is 5.43. The van der Waals surface area contributed by atoms with Crippen molar-refractivity contribution < 1.29 is 18.3 Å². The molecule has 32 heavy (non-hydrogen) atoms. The molecular formula is C24H24F2N4O2. The van der Waals surface area contributed by atoms with Crippen molar-refractivity contribution >= 4 is 23.1 Å². The summed E-state index contributed by atoms with van der Waals surface area (Å²) < 4.78 is 32.4. The molecule has 0 bridgehead atoms. The van der Waals surface area contributed by atoms with Crippen molar-refractivity contribution in [3.05, 3.63) is 83.1 Å². The van der Waals surface area contributed by atoms with Gasteiger partial charge in [0.2, 0.25) is 0 Å². The molecule has 1 aliphatic heterocycles. The van der Waals surface area contributed by atoms with Gasteiger partial charge in [0.15, 0.2) is 0 Å². The number of pyridine rings is 1. The summed E-state index contributed by atoms with van der Waals surface area (Å²) in [5.41, 5.74) is 8.57. The van der Waals surface area contributed by atoms with Crippen molar-refractivity contribution in [3.8, 4) is 0 Å². The Morgan fingerprint density at radius 1 is 1.09 bits per heavy atom. The van der Waals surface area contributed by atoms with Crippen LogP contribution in [0.4, 0.5) is 26.0 Å². The van der Waals surface area contributed by atoms with E-state index in [0.717, 1.165) is 37.8 Å². The molecule has 0 radical (unpaired) electrons. The molecule has 1 aliphatic rings. The Hall–Kier alpha value is -3.52. The highest BCUT2D eigenvalue weighted by atomic mass is 19.1. The molecule has 0 spiro atoms. The quantitative estimate of drug-likeness (QED) is 0.497. The van der Waals surface area contributed by atoms with Crippen LogP contribution in [0.3, 0.4) is 0 Å². The Morgan fingerprint density at radius 3 is 2.56 bits per heavy atom. The minimum Gasteiger partial charge on any atom is -0.381 e. The fraction of sp³-hybridized carbons (Fsp3) is 0.250. The van der Waals surface area contributed by atoms with E-state index < -0.39 is 17.5 Å². The molecule has 2 aromatic carbocycles. The van der Waals surface area contributed by atoms with Gasteiger partial charge >= 0.3 is 0 Å². The number of ether oxygens (including phenoxy) is 1. The van der Waals surface area contributed by atoms with Gasteiger partial charge in [0.1, 0.15) is 17.5 Å². The Labute approximate surface area is 184 Å². The molecule has 0 saturated carbocycles. The Bertz CT molecular complexity index is 1100. The summed E-state index contributed by atoms with van der Waals surface area (Å²) in [6.45, 7) is 1.64. The number of nitrogens with two attached hydrogens (primary N) is 1. The van der Waals surface area contributed by atoms with Crippen molar-refractivity contribution in [2.45, 2.75) is 25.3 Å². The van der Waals surface area contributed by atoms with Gasteiger partial charge in [-0.25, -0.2) is 13.8 Å². The van der Waals surface area contributed by atoms with E-state index in [-0.39, 0.29) is 12.1 Å². The molecule has 4 N–H and O–H groups in total. The number of hydrogen-bond donors (Lipinski definition) is 3. The van der Waals surface area contributed by atoms with Gasteiger partial charge in [-0.05, 0) is 54.2 Å². The molecule has 166 valence electrons. The van der Waals surface area contributed by atoms with Gasteiger partial charge in [0.05, 0.1) is 11.3 Å². The van der Waals surface area contributed by atoms with E-state index in [2.05, 4.69) is 27.8 Å².